The van der Waals surface area contributed by atoms with E-state index in [0.29, 0.717) is 20.5 Å². The minimum Gasteiger partial charge on any atom is -0.469 e. The lowest BCUT2D eigenvalue weighted by Gasteiger charge is -2.12. The molecule has 0 spiro atoms. The number of hydrogen-bond donors (Lipinski definition) is 1. The van der Waals surface area contributed by atoms with Crippen molar-refractivity contribution in [2.75, 3.05) is 14.2 Å². The molecule has 1 amide bonds. The molecule has 1 atom stereocenters. The molecule has 23 heavy (non-hydrogen) atoms. The molecule has 0 aliphatic carbocycles. The third-order valence-electron chi connectivity index (χ3n) is 3.34. The SMILES string of the molecule is COCc1c(C(=O)NC(C)CC(=O)OC)sc2cccc(F)c12. The number of fused-ring (bicyclic) bond motifs is 1. The van der Waals surface area contributed by atoms with Gasteiger partial charge in [0.2, 0.25) is 0 Å². The van der Waals surface area contributed by atoms with Crippen LogP contribution in [0.2, 0.25) is 0 Å². The highest BCUT2D eigenvalue weighted by molar-refractivity contribution is 7.21. The molecule has 5 nitrogen and oxygen atoms in total. The predicted molar refractivity (Wildman–Crippen MR) is 86.1 cm³/mol. The van der Waals surface area contributed by atoms with Crippen LogP contribution in [-0.4, -0.2) is 32.1 Å². The fourth-order valence-corrected chi connectivity index (χ4v) is 3.43. The minimum atomic E-state index is -0.405. The topological polar surface area (TPSA) is 64.6 Å². The molecule has 0 bridgehead atoms. The van der Waals surface area contributed by atoms with E-state index in [1.807, 2.05) is 0 Å². The first-order valence-electron chi connectivity index (χ1n) is 7.04. The summed E-state index contributed by atoms with van der Waals surface area (Å²) in [7, 11) is 2.79. The van der Waals surface area contributed by atoms with E-state index in [9.17, 15) is 14.0 Å². The molecule has 0 radical (unpaired) electrons. The van der Waals surface area contributed by atoms with E-state index in [1.165, 1.54) is 31.6 Å². The van der Waals surface area contributed by atoms with Crippen LogP contribution < -0.4 is 5.32 Å². The number of carbonyl (C=O) groups excluding carboxylic acids is 2. The van der Waals surface area contributed by atoms with Gasteiger partial charge in [-0.3, -0.25) is 9.59 Å². The monoisotopic (exact) mass is 339 g/mol. The molecule has 1 N–H and O–H groups in total. The first-order chi connectivity index (χ1) is 11.0. The molecule has 2 aromatic rings. The fourth-order valence-electron chi connectivity index (χ4n) is 2.31. The van der Waals surface area contributed by atoms with Crippen LogP contribution in [0.3, 0.4) is 0 Å². The van der Waals surface area contributed by atoms with E-state index in [1.54, 1.807) is 19.1 Å². The Morgan fingerprint density at radius 2 is 2.09 bits per heavy atom. The summed E-state index contributed by atoms with van der Waals surface area (Å²) in [6.07, 6.45) is 0.0705. The van der Waals surface area contributed by atoms with E-state index in [-0.39, 0.29) is 30.8 Å². The summed E-state index contributed by atoms with van der Waals surface area (Å²) in [4.78, 5) is 24.1. The molecule has 1 aromatic carbocycles. The van der Waals surface area contributed by atoms with Crippen molar-refractivity contribution in [3.05, 3.63) is 34.5 Å². The van der Waals surface area contributed by atoms with E-state index < -0.39 is 5.97 Å². The van der Waals surface area contributed by atoms with E-state index in [0.717, 1.165) is 0 Å². The zero-order valence-electron chi connectivity index (χ0n) is 13.1. The van der Waals surface area contributed by atoms with Crippen molar-refractivity contribution in [2.24, 2.45) is 0 Å². The number of rotatable bonds is 6. The van der Waals surface area contributed by atoms with Gasteiger partial charge >= 0.3 is 5.97 Å². The highest BCUT2D eigenvalue weighted by atomic mass is 32.1. The van der Waals surface area contributed by atoms with Crippen LogP contribution in [0, 0.1) is 5.82 Å². The Balaban J connectivity index is 2.31. The average molecular weight is 339 g/mol. The quantitative estimate of drug-likeness (QED) is 0.822. The summed E-state index contributed by atoms with van der Waals surface area (Å²) in [6, 6.07) is 4.33. The third-order valence-corrected chi connectivity index (χ3v) is 4.53. The zero-order chi connectivity index (χ0) is 17.0. The third kappa shape index (κ3) is 3.86. The number of thiophene rings is 1. The Morgan fingerprint density at radius 1 is 1.35 bits per heavy atom. The minimum absolute atomic E-state index is 0.0705. The van der Waals surface area contributed by atoms with Gasteiger partial charge in [-0.05, 0) is 19.1 Å². The number of hydrogen-bond acceptors (Lipinski definition) is 5. The lowest BCUT2D eigenvalue weighted by molar-refractivity contribution is -0.141. The van der Waals surface area contributed by atoms with Crippen molar-refractivity contribution in [1.82, 2.24) is 5.32 Å². The Hall–Kier alpha value is -1.99. The maximum absolute atomic E-state index is 14.1. The maximum atomic E-state index is 14.1. The number of benzene rings is 1. The molecule has 1 unspecified atom stereocenters. The Morgan fingerprint density at radius 3 is 2.74 bits per heavy atom. The molecule has 1 heterocycles. The number of methoxy groups -OCH3 is 2. The van der Waals surface area contributed by atoms with Crippen molar-refractivity contribution >= 4 is 33.3 Å². The second kappa shape index (κ2) is 7.52. The lowest BCUT2D eigenvalue weighted by Crippen LogP contribution is -2.34. The molecule has 0 aliphatic heterocycles. The lowest BCUT2D eigenvalue weighted by atomic mass is 10.1. The highest BCUT2D eigenvalue weighted by Gasteiger charge is 2.22. The second-order valence-electron chi connectivity index (χ2n) is 5.11. The average Bonchev–Trinajstić information content (AvgIpc) is 2.87. The predicted octanol–water partition coefficient (Wildman–Crippen LogP) is 2.87. The van der Waals surface area contributed by atoms with Gasteiger partial charge in [-0.15, -0.1) is 11.3 Å². The molecule has 0 saturated carbocycles. The van der Waals surface area contributed by atoms with Gasteiger partial charge in [0.25, 0.3) is 5.91 Å². The summed E-state index contributed by atoms with van der Waals surface area (Å²) >= 11 is 1.20. The molecule has 0 aliphatic rings. The van der Waals surface area contributed by atoms with Gasteiger partial charge in [0.05, 0.1) is 25.0 Å². The number of halogens is 1. The molecule has 0 fully saturated rings. The molecule has 2 rings (SSSR count). The number of nitrogens with one attached hydrogen (secondary N) is 1. The van der Waals surface area contributed by atoms with Gasteiger partial charge in [-0.1, -0.05) is 6.07 Å². The van der Waals surface area contributed by atoms with Crippen LogP contribution in [-0.2, 0) is 20.9 Å². The van der Waals surface area contributed by atoms with Gasteiger partial charge in [0.15, 0.2) is 0 Å². The van der Waals surface area contributed by atoms with Crippen LogP contribution in [0.4, 0.5) is 4.39 Å². The van der Waals surface area contributed by atoms with Gasteiger partial charge in [-0.2, -0.15) is 0 Å². The summed E-state index contributed by atoms with van der Waals surface area (Å²) in [6.45, 7) is 1.84. The Labute approximate surface area is 137 Å². The summed E-state index contributed by atoms with van der Waals surface area (Å²) in [5.41, 5.74) is 0.522. The van der Waals surface area contributed by atoms with Crippen LogP contribution in [0.15, 0.2) is 18.2 Å². The highest BCUT2D eigenvalue weighted by Crippen LogP contribution is 2.33. The number of esters is 1. The zero-order valence-corrected chi connectivity index (χ0v) is 14.0. The number of amides is 1. The smallest absolute Gasteiger partial charge is 0.307 e. The standard InChI is InChI=1S/C16H18FNO4S/c1-9(7-13(19)22-3)18-16(20)15-10(8-21-2)14-11(17)5-4-6-12(14)23-15/h4-6,9H,7-8H2,1-3H3,(H,18,20). The van der Waals surface area contributed by atoms with Crippen LogP contribution in [0.1, 0.15) is 28.6 Å². The normalized spacial score (nSPS) is 12.2. The van der Waals surface area contributed by atoms with E-state index in [4.69, 9.17) is 4.74 Å². The van der Waals surface area contributed by atoms with Crippen molar-refractivity contribution in [2.45, 2.75) is 26.0 Å². The van der Waals surface area contributed by atoms with Crippen LogP contribution >= 0.6 is 11.3 Å². The van der Waals surface area contributed by atoms with E-state index in [2.05, 4.69) is 10.1 Å². The Kier molecular flexibility index (Phi) is 5.68. The summed E-state index contributed by atoms with van der Waals surface area (Å²) in [5, 5.41) is 3.14. The first kappa shape index (κ1) is 17.4. The molecule has 7 heteroatoms. The van der Waals surface area contributed by atoms with E-state index >= 15 is 0 Å². The van der Waals surface area contributed by atoms with Gasteiger partial charge in [-0.25, -0.2) is 4.39 Å². The van der Waals surface area contributed by atoms with Gasteiger partial charge in [0.1, 0.15) is 5.82 Å². The largest absolute Gasteiger partial charge is 0.469 e. The molecule has 1 aromatic heterocycles. The molecule has 124 valence electrons. The van der Waals surface area contributed by atoms with Crippen molar-refractivity contribution < 1.29 is 23.5 Å². The van der Waals surface area contributed by atoms with Gasteiger partial charge in [0, 0.05) is 28.8 Å². The number of carbonyl (C=O) groups is 2. The van der Waals surface area contributed by atoms with Crippen molar-refractivity contribution in [3.63, 3.8) is 0 Å². The molecular weight excluding hydrogens is 321 g/mol. The number of ether oxygens (including phenoxy) is 2. The maximum Gasteiger partial charge on any atom is 0.307 e. The second-order valence-corrected chi connectivity index (χ2v) is 6.16. The van der Waals surface area contributed by atoms with Crippen molar-refractivity contribution in [1.29, 1.82) is 0 Å². The van der Waals surface area contributed by atoms with Gasteiger partial charge < -0.3 is 14.8 Å². The van der Waals surface area contributed by atoms with Crippen molar-refractivity contribution in [3.8, 4) is 0 Å². The summed E-state index contributed by atoms with van der Waals surface area (Å²) in [5.74, 6) is -1.14. The Bertz CT molecular complexity index is 728. The fraction of sp³-hybridized carbons (Fsp3) is 0.375. The summed E-state index contributed by atoms with van der Waals surface area (Å²) < 4.78 is 24.5. The van der Waals surface area contributed by atoms with Crippen LogP contribution in [0.5, 0.6) is 0 Å². The molecule has 0 saturated heterocycles. The first-order valence-corrected chi connectivity index (χ1v) is 7.86. The van der Waals surface area contributed by atoms with Crippen LogP contribution in [0.25, 0.3) is 10.1 Å². The molecular formula is C16H18FNO4S.